The number of hydrogen-bond donors (Lipinski definition) is 1. The minimum absolute atomic E-state index is 0.692. The van der Waals surface area contributed by atoms with Crippen molar-refractivity contribution in [1.29, 1.82) is 0 Å². The molecule has 0 unspecified atom stereocenters. The van der Waals surface area contributed by atoms with E-state index in [1.165, 1.54) is 22.3 Å². The summed E-state index contributed by atoms with van der Waals surface area (Å²) in [7, 11) is 1.84. The Morgan fingerprint density at radius 3 is 2.59 bits per heavy atom. The van der Waals surface area contributed by atoms with Gasteiger partial charge in [0.25, 0.3) is 0 Å². The number of hydrogen-bond acceptors (Lipinski definition) is 4. The summed E-state index contributed by atoms with van der Waals surface area (Å²) in [6.07, 6.45) is 0.952. The molecular weight excluding hydrogens is 338 g/mol. The molecule has 1 atom stereocenters. The van der Waals surface area contributed by atoms with E-state index in [0.29, 0.717) is 5.69 Å². The van der Waals surface area contributed by atoms with Crippen LogP contribution in [0.2, 0.25) is 0 Å². The van der Waals surface area contributed by atoms with E-state index in [4.69, 9.17) is 0 Å². The van der Waals surface area contributed by atoms with Gasteiger partial charge in [-0.3, -0.25) is 14.3 Å². The van der Waals surface area contributed by atoms with Crippen LogP contribution >= 0.6 is 0 Å². The number of aromatic nitrogens is 4. The van der Waals surface area contributed by atoms with Crippen molar-refractivity contribution in [3.63, 3.8) is 0 Å². The van der Waals surface area contributed by atoms with E-state index in [2.05, 4.69) is 48.0 Å². The summed E-state index contributed by atoms with van der Waals surface area (Å²) in [4.78, 5) is 2.45. The molecule has 0 bridgehead atoms. The van der Waals surface area contributed by atoms with Crippen LogP contribution in [0.25, 0.3) is 0 Å². The number of rotatable bonds is 4. The molecule has 1 aromatic carbocycles. The van der Waals surface area contributed by atoms with Gasteiger partial charge in [0.1, 0.15) is 6.10 Å². The lowest BCUT2D eigenvalue weighted by Crippen LogP contribution is -2.33. The number of nitrogens with zero attached hydrogens (tertiary/aromatic N) is 5. The molecule has 0 fully saturated rings. The Morgan fingerprint density at radius 2 is 1.85 bits per heavy atom. The van der Waals surface area contributed by atoms with Gasteiger partial charge in [0.2, 0.25) is 0 Å². The van der Waals surface area contributed by atoms with E-state index in [9.17, 15) is 5.11 Å². The molecule has 1 aliphatic rings. The summed E-state index contributed by atoms with van der Waals surface area (Å²) in [5, 5.41) is 19.4. The Bertz CT molecular complexity index is 971. The molecule has 142 valence electrons. The molecule has 1 aliphatic heterocycles. The van der Waals surface area contributed by atoms with E-state index in [-0.39, 0.29) is 0 Å². The maximum atomic E-state index is 10.7. The van der Waals surface area contributed by atoms with Crippen molar-refractivity contribution in [2.45, 2.75) is 46.5 Å². The van der Waals surface area contributed by atoms with Crippen molar-refractivity contribution < 1.29 is 5.11 Å². The number of aliphatic hydroxyl groups is 1. The van der Waals surface area contributed by atoms with Crippen LogP contribution in [0.3, 0.4) is 0 Å². The third-order valence-corrected chi connectivity index (χ3v) is 5.66. The van der Waals surface area contributed by atoms with Gasteiger partial charge in [-0.25, -0.2) is 0 Å². The average Bonchev–Trinajstić information content (AvgIpc) is 3.24. The van der Waals surface area contributed by atoms with E-state index in [0.717, 1.165) is 37.6 Å². The maximum Gasteiger partial charge on any atom is 0.139 e. The van der Waals surface area contributed by atoms with Crippen LogP contribution in [0.15, 0.2) is 30.5 Å². The van der Waals surface area contributed by atoms with E-state index in [1.54, 1.807) is 10.9 Å². The van der Waals surface area contributed by atoms with Crippen LogP contribution < -0.4 is 0 Å². The molecule has 0 radical (unpaired) electrons. The highest BCUT2D eigenvalue weighted by molar-refractivity contribution is 5.36. The monoisotopic (exact) mass is 365 g/mol. The summed E-state index contributed by atoms with van der Waals surface area (Å²) < 4.78 is 3.72. The molecule has 3 aromatic rings. The zero-order valence-corrected chi connectivity index (χ0v) is 16.5. The van der Waals surface area contributed by atoms with Crippen molar-refractivity contribution in [3.05, 3.63) is 69.8 Å². The molecule has 0 amide bonds. The minimum Gasteiger partial charge on any atom is -0.380 e. The molecule has 6 nitrogen and oxygen atoms in total. The molecule has 0 saturated carbocycles. The van der Waals surface area contributed by atoms with Crippen LogP contribution in [-0.2, 0) is 26.7 Å². The van der Waals surface area contributed by atoms with Crippen LogP contribution in [0.4, 0.5) is 0 Å². The Hall–Kier alpha value is -2.44. The van der Waals surface area contributed by atoms with Crippen molar-refractivity contribution in [3.8, 4) is 0 Å². The molecule has 4 rings (SSSR count). The zero-order valence-electron chi connectivity index (χ0n) is 16.5. The van der Waals surface area contributed by atoms with Crippen LogP contribution in [0, 0.1) is 20.8 Å². The third-order valence-electron chi connectivity index (χ3n) is 5.66. The molecule has 27 heavy (non-hydrogen) atoms. The molecular formula is C21H27N5O. The predicted octanol–water partition coefficient (Wildman–Crippen LogP) is 2.64. The SMILES string of the molecule is Cc1cc(C)c(CN2CCn3nc([C@@H](O)c4ccnn4C)cc3C2)cc1C. The lowest BCUT2D eigenvalue weighted by atomic mass is 10.0. The Kier molecular flexibility index (Phi) is 4.61. The summed E-state index contributed by atoms with van der Waals surface area (Å²) in [5.74, 6) is 0. The van der Waals surface area contributed by atoms with Crippen molar-refractivity contribution in [2.75, 3.05) is 6.54 Å². The second-order valence-electron chi connectivity index (χ2n) is 7.64. The minimum atomic E-state index is -0.744. The van der Waals surface area contributed by atoms with Gasteiger partial charge in [-0.15, -0.1) is 0 Å². The van der Waals surface area contributed by atoms with Gasteiger partial charge in [-0.05, 0) is 55.2 Å². The molecule has 3 heterocycles. The standard InChI is InChI=1S/C21H27N5O/c1-14-9-16(3)17(10-15(14)2)12-25-7-8-26-18(13-25)11-19(23-26)21(27)20-5-6-22-24(20)4/h5-6,9-11,21,27H,7-8,12-13H2,1-4H3/t21-/m1/s1. The van der Waals surface area contributed by atoms with E-state index >= 15 is 0 Å². The lowest BCUT2D eigenvalue weighted by molar-refractivity contribution is 0.196. The average molecular weight is 365 g/mol. The quantitative estimate of drug-likeness (QED) is 0.772. The Morgan fingerprint density at radius 1 is 1.07 bits per heavy atom. The normalized spacial score (nSPS) is 15.7. The first-order valence-electron chi connectivity index (χ1n) is 9.44. The third kappa shape index (κ3) is 3.42. The molecule has 0 aliphatic carbocycles. The first-order valence-corrected chi connectivity index (χ1v) is 9.44. The highest BCUT2D eigenvalue weighted by Gasteiger charge is 2.23. The first kappa shape index (κ1) is 17.9. The summed E-state index contributed by atoms with van der Waals surface area (Å²) in [5.41, 5.74) is 8.04. The van der Waals surface area contributed by atoms with Crippen LogP contribution in [0.5, 0.6) is 0 Å². The van der Waals surface area contributed by atoms with E-state index in [1.807, 2.05) is 23.9 Å². The number of aliphatic hydroxyl groups excluding tert-OH is 1. The fourth-order valence-electron chi connectivity index (χ4n) is 3.85. The molecule has 6 heteroatoms. The van der Waals surface area contributed by atoms with Crippen molar-refractivity contribution in [1.82, 2.24) is 24.5 Å². The fraction of sp³-hybridized carbons (Fsp3) is 0.429. The first-order chi connectivity index (χ1) is 12.9. The predicted molar refractivity (Wildman–Crippen MR) is 104 cm³/mol. The highest BCUT2D eigenvalue weighted by Crippen LogP contribution is 2.24. The summed E-state index contributed by atoms with van der Waals surface area (Å²) in [6, 6.07) is 8.45. The molecule has 1 N–H and O–H groups in total. The number of fused-ring (bicyclic) bond motifs is 1. The van der Waals surface area contributed by atoms with Crippen molar-refractivity contribution >= 4 is 0 Å². The lowest BCUT2D eigenvalue weighted by Gasteiger charge is -2.28. The molecule has 0 spiro atoms. The Labute approximate surface area is 160 Å². The smallest absolute Gasteiger partial charge is 0.139 e. The second kappa shape index (κ2) is 6.94. The zero-order chi connectivity index (χ0) is 19.1. The second-order valence-corrected chi connectivity index (χ2v) is 7.64. The van der Waals surface area contributed by atoms with Gasteiger partial charge in [0, 0.05) is 32.9 Å². The maximum absolute atomic E-state index is 10.7. The molecule has 0 saturated heterocycles. The highest BCUT2D eigenvalue weighted by atomic mass is 16.3. The van der Waals surface area contributed by atoms with Gasteiger partial charge < -0.3 is 5.11 Å². The van der Waals surface area contributed by atoms with Crippen LogP contribution in [0.1, 0.15) is 45.4 Å². The van der Waals surface area contributed by atoms with Gasteiger partial charge in [0.15, 0.2) is 0 Å². The fourth-order valence-corrected chi connectivity index (χ4v) is 3.85. The van der Waals surface area contributed by atoms with E-state index < -0.39 is 6.10 Å². The molecule has 2 aromatic heterocycles. The number of aryl methyl sites for hydroxylation is 4. The van der Waals surface area contributed by atoms with Gasteiger partial charge in [-0.2, -0.15) is 10.2 Å². The Balaban J connectivity index is 1.52. The van der Waals surface area contributed by atoms with Gasteiger partial charge >= 0.3 is 0 Å². The summed E-state index contributed by atoms with van der Waals surface area (Å²) >= 11 is 0. The number of benzene rings is 1. The van der Waals surface area contributed by atoms with Crippen LogP contribution in [-0.4, -0.2) is 36.1 Å². The van der Waals surface area contributed by atoms with Gasteiger partial charge in [0.05, 0.1) is 23.6 Å². The van der Waals surface area contributed by atoms with Crippen molar-refractivity contribution in [2.24, 2.45) is 7.05 Å². The van der Waals surface area contributed by atoms with Gasteiger partial charge in [-0.1, -0.05) is 12.1 Å². The largest absolute Gasteiger partial charge is 0.380 e. The summed E-state index contributed by atoms with van der Waals surface area (Å²) in [6.45, 7) is 10.1. The topological polar surface area (TPSA) is 59.1 Å².